The lowest BCUT2D eigenvalue weighted by Crippen LogP contribution is -2.31. The maximum atomic E-state index is 12.1. The Bertz CT molecular complexity index is 898. The smallest absolute Gasteiger partial charge is 0.254 e. The molecule has 1 amide bonds. The van der Waals surface area contributed by atoms with E-state index in [0.717, 1.165) is 18.0 Å². The van der Waals surface area contributed by atoms with Crippen LogP contribution in [-0.4, -0.2) is 48.0 Å². The second-order valence-electron chi connectivity index (χ2n) is 6.39. The number of likely N-dealkylation sites (N-methyl/N-ethyl adjacent to an activating group) is 1. The second-order valence-corrected chi connectivity index (χ2v) is 6.39. The van der Waals surface area contributed by atoms with Crippen molar-refractivity contribution >= 4 is 17.5 Å². The number of rotatable bonds is 8. The van der Waals surface area contributed by atoms with Crippen molar-refractivity contribution in [3.8, 4) is 11.5 Å². The molecule has 0 atom stereocenters. The number of hydrogen-bond acceptors (Lipinski definition) is 6. The number of carbonyl (C=O) groups excluding carboxylic acids is 1. The van der Waals surface area contributed by atoms with Crippen LogP contribution in [0, 0.1) is 0 Å². The van der Waals surface area contributed by atoms with Gasteiger partial charge in [-0.25, -0.2) is 9.97 Å². The molecule has 3 rings (SSSR count). The van der Waals surface area contributed by atoms with Gasteiger partial charge in [-0.2, -0.15) is 0 Å². The minimum absolute atomic E-state index is 0.193. The minimum atomic E-state index is -0.193. The molecule has 7 nitrogen and oxygen atoms in total. The van der Waals surface area contributed by atoms with E-state index in [0.29, 0.717) is 23.8 Å². The highest BCUT2D eigenvalue weighted by atomic mass is 16.5. The molecule has 2 N–H and O–H groups in total. The van der Waals surface area contributed by atoms with Crippen LogP contribution in [0.15, 0.2) is 67.0 Å². The van der Waals surface area contributed by atoms with Crippen LogP contribution in [0.5, 0.6) is 11.5 Å². The van der Waals surface area contributed by atoms with Gasteiger partial charge in [-0.1, -0.05) is 30.3 Å². The van der Waals surface area contributed by atoms with Gasteiger partial charge in [0.05, 0.1) is 11.3 Å². The number of hydrogen-bond donors (Lipinski definition) is 2. The topological polar surface area (TPSA) is 79.4 Å². The van der Waals surface area contributed by atoms with Crippen LogP contribution < -0.4 is 15.4 Å². The molecule has 0 saturated heterocycles. The first-order chi connectivity index (χ1) is 13.6. The van der Waals surface area contributed by atoms with Crippen molar-refractivity contribution < 1.29 is 9.53 Å². The predicted octanol–water partition coefficient (Wildman–Crippen LogP) is 3.30. The van der Waals surface area contributed by atoms with Gasteiger partial charge in [-0.05, 0) is 38.4 Å². The van der Waals surface area contributed by atoms with Gasteiger partial charge >= 0.3 is 0 Å². The normalized spacial score (nSPS) is 10.5. The van der Waals surface area contributed by atoms with E-state index in [1.807, 2.05) is 73.6 Å². The number of nitrogens with one attached hydrogen (secondary N) is 2. The van der Waals surface area contributed by atoms with Gasteiger partial charge in [0, 0.05) is 25.5 Å². The van der Waals surface area contributed by atoms with Gasteiger partial charge in [0.15, 0.2) is 5.75 Å². The molecule has 2 aromatic carbocycles. The predicted molar refractivity (Wildman–Crippen MR) is 109 cm³/mol. The van der Waals surface area contributed by atoms with E-state index in [1.165, 1.54) is 12.4 Å². The number of para-hydroxylation sites is 3. The van der Waals surface area contributed by atoms with Crippen LogP contribution in [0.3, 0.4) is 0 Å². The number of anilines is 2. The molecular formula is C21H23N5O2. The van der Waals surface area contributed by atoms with Gasteiger partial charge in [0.2, 0.25) is 5.95 Å². The summed E-state index contributed by atoms with van der Waals surface area (Å²) < 4.78 is 5.92. The summed E-state index contributed by atoms with van der Waals surface area (Å²) in [5, 5.41) is 5.97. The van der Waals surface area contributed by atoms with Crippen molar-refractivity contribution in [2.75, 3.05) is 32.5 Å². The molecule has 144 valence electrons. The van der Waals surface area contributed by atoms with Crippen LogP contribution in [0.25, 0.3) is 0 Å². The summed E-state index contributed by atoms with van der Waals surface area (Å²) in [5.74, 6) is 1.58. The highest BCUT2D eigenvalue weighted by Gasteiger charge is 2.09. The average Bonchev–Trinajstić information content (AvgIpc) is 2.70. The lowest BCUT2D eigenvalue weighted by molar-refractivity contribution is 0.0950. The number of benzene rings is 2. The van der Waals surface area contributed by atoms with E-state index in [-0.39, 0.29) is 5.91 Å². The Morgan fingerprint density at radius 1 is 1.00 bits per heavy atom. The van der Waals surface area contributed by atoms with Crippen molar-refractivity contribution in [1.29, 1.82) is 0 Å². The third-order valence-electron chi connectivity index (χ3n) is 3.86. The molecule has 1 heterocycles. The number of nitrogens with zero attached hydrogens (tertiary/aromatic N) is 3. The monoisotopic (exact) mass is 377 g/mol. The largest absolute Gasteiger partial charge is 0.455 e. The average molecular weight is 377 g/mol. The molecule has 0 aliphatic carbocycles. The van der Waals surface area contributed by atoms with Crippen LogP contribution in [0.2, 0.25) is 0 Å². The number of amides is 1. The van der Waals surface area contributed by atoms with Crippen LogP contribution in [0.4, 0.5) is 11.6 Å². The quantitative estimate of drug-likeness (QED) is 0.627. The maximum Gasteiger partial charge on any atom is 0.254 e. The molecule has 0 aliphatic rings. The van der Waals surface area contributed by atoms with Gasteiger partial charge in [-0.15, -0.1) is 0 Å². The molecule has 28 heavy (non-hydrogen) atoms. The molecule has 0 aliphatic heterocycles. The van der Waals surface area contributed by atoms with E-state index in [9.17, 15) is 4.79 Å². The fourth-order valence-electron chi connectivity index (χ4n) is 2.40. The summed E-state index contributed by atoms with van der Waals surface area (Å²) in [7, 11) is 3.91. The summed E-state index contributed by atoms with van der Waals surface area (Å²) in [6.45, 7) is 1.33. The Hall–Kier alpha value is -3.45. The van der Waals surface area contributed by atoms with Crippen molar-refractivity contribution in [2.24, 2.45) is 0 Å². The van der Waals surface area contributed by atoms with Crippen molar-refractivity contribution in [3.63, 3.8) is 0 Å². The molecule has 0 bridgehead atoms. The van der Waals surface area contributed by atoms with Gasteiger partial charge in [0.1, 0.15) is 5.75 Å². The van der Waals surface area contributed by atoms with E-state index in [2.05, 4.69) is 20.6 Å². The summed E-state index contributed by atoms with van der Waals surface area (Å²) >= 11 is 0. The molecule has 0 fully saturated rings. The lowest BCUT2D eigenvalue weighted by atomic mass is 10.3. The fourth-order valence-corrected chi connectivity index (χ4v) is 2.40. The molecular weight excluding hydrogens is 354 g/mol. The van der Waals surface area contributed by atoms with Crippen molar-refractivity contribution in [3.05, 3.63) is 72.6 Å². The van der Waals surface area contributed by atoms with Crippen LogP contribution >= 0.6 is 0 Å². The van der Waals surface area contributed by atoms with E-state index < -0.39 is 0 Å². The first-order valence-corrected chi connectivity index (χ1v) is 8.96. The fraction of sp³-hybridized carbons (Fsp3) is 0.190. The Morgan fingerprint density at radius 2 is 1.68 bits per heavy atom. The Labute approximate surface area is 164 Å². The highest BCUT2D eigenvalue weighted by Crippen LogP contribution is 2.30. The number of carbonyl (C=O) groups is 1. The van der Waals surface area contributed by atoms with Crippen molar-refractivity contribution in [2.45, 2.75) is 0 Å². The summed E-state index contributed by atoms with van der Waals surface area (Å²) in [6, 6.07) is 17.1. The number of ether oxygens (including phenoxy) is 1. The van der Waals surface area contributed by atoms with Gasteiger partial charge in [0.25, 0.3) is 5.91 Å². The standard InChI is InChI=1S/C21H23N5O2/c1-26(2)13-12-22-20(27)16-14-23-21(24-15-16)25-18-10-6-7-11-19(18)28-17-8-4-3-5-9-17/h3-11,14-15H,12-13H2,1-2H3,(H,22,27)(H,23,24,25). The third kappa shape index (κ3) is 5.52. The summed E-state index contributed by atoms with van der Waals surface area (Å²) in [6.07, 6.45) is 3.00. The first-order valence-electron chi connectivity index (χ1n) is 8.96. The molecule has 7 heteroatoms. The zero-order valence-corrected chi connectivity index (χ0v) is 15.9. The molecule has 0 radical (unpaired) electrons. The Morgan fingerprint density at radius 3 is 2.39 bits per heavy atom. The SMILES string of the molecule is CN(C)CCNC(=O)c1cnc(Nc2ccccc2Oc2ccccc2)nc1. The maximum absolute atomic E-state index is 12.1. The Kier molecular flexibility index (Phi) is 6.54. The number of aromatic nitrogens is 2. The second kappa shape index (κ2) is 9.48. The zero-order valence-electron chi connectivity index (χ0n) is 15.9. The van der Waals surface area contributed by atoms with Gasteiger partial charge in [-0.3, -0.25) is 4.79 Å². The van der Waals surface area contributed by atoms with Crippen molar-refractivity contribution in [1.82, 2.24) is 20.2 Å². The van der Waals surface area contributed by atoms with Crippen LogP contribution in [-0.2, 0) is 0 Å². The molecule has 0 spiro atoms. The third-order valence-corrected chi connectivity index (χ3v) is 3.86. The van der Waals surface area contributed by atoms with E-state index >= 15 is 0 Å². The molecule has 0 unspecified atom stereocenters. The minimum Gasteiger partial charge on any atom is -0.455 e. The highest BCUT2D eigenvalue weighted by molar-refractivity contribution is 5.93. The van der Waals surface area contributed by atoms with Crippen LogP contribution in [0.1, 0.15) is 10.4 Å². The molecule has 0 saturated carbocycles. The summed E-state index contributed by atoms with van der Waals surface area (Å²) in [5.41, 5.74) is 1.15. The van der Waals surface area contributed by atoms with E-state index in [4.69, 9.17) is 4.74 Å². The lowest BCUT2D eigenvalue weighted by Gasteiger charge is -2.12. The summed E-state index contributed by atoms with van der Waals surface area (Å²) in [4.78, 5) is 22.6. The zero-order chi connectivity index (χ0) is 19.8. The first kappa shape index (κ1) is 19.3. The van der Waals surface area contributed by atoms with Gasteiger partial charge < -0.3 is 20.3 Å². The Balaban J connectivity index is 1.65. The molecule has 1 aromatic heterocycles. The molecule has 3 aromatic rings. The van der Waals surface area contributed by atoms with E-state index in [1.54, 1.807) is 0 Å².